The Morgan fingerprint density at radius 2 is 2.43 bits per heavy atom. The second kappa shape index (κ2) is 3.64. The summed E-state index contributed by atoms with van der Waals surface area (Å²) < 4.78 is 2.00. The van der Waals surface area contributed by atoms with Gasteiger partial charge in [0.05, 0.1) is 5.69 Å². The van der Waals surface area contributed by atoms with Crippen LogP contribution in [0.4, 0.5) is 0 Å². The Morgan fingerprint density at radius 3 is 3.14 bits per heavy atom. The van der Waals surface area contributed by atoms with Gasteiger partial charge in [0.2, 0.25) is 0 Å². The molecule has 72 valence electrons. The molecule has 0 aliphatic heterocycles. The lowest BCUT2D eigenvalue weighted by molar-refractivity contribution is 1.15. The van der Waals surface area contributed by atoms with Crippen molar-refractivity contribution in [3.63, 3.8) is 0 Å². The van der Waals surface area contributed by atoms with Crippen LogP contribution in [0.5, 0.6) is 0 Å². The molecule has 2 N–H and O–H groups in total. The van der Waals surface area contributed by atoms with Gasteiger partial charge in [0.15, 0.2) is 0 Å². The van der Waals surface area contributed by atoms with Gasteiger partial charge in [0.25, 0.3) is 0 Å². The number of imidazole rings is 1. The largest absolute Gasteiger partial charge is 0.327 e. The maximum atomic E-state index is 5.51. The highest BCUT2D eigenvalue weighted by Crippen LogP contribution is 2.07. The molecule has 0 radical (unpaired) electrons. The summed E-state index contributed by atoms with van der Waals surface area (Å²) in [5, 5.41) is 0. The van der Waals surface area contributed by atoms with Crippen molar-refractivity contribution in [1.29, 1.82) is 0 Å². The van der Waals surface area contributed by atoms with Gasteiger partial charge >= 0.3 is 0 Å². The van der Waals surface area contributed by atoms with E-state index in [1.165, 1.54) is 0 Å². The van der Waals surface area contributed by atoms with Crippen molar-refractivity contribution in [3.05, 3.63) is 41.9 Å². The van der Waals surface area contributed by atoms with Crippen molar-refractivity contribution in [1.82, 2.24) is 9.38 Å². The number of nitrogens with zero attached hydrogens (tertiary/aromatic N) is 2. The fourth-order valence-electron chi connectivity index (χ4n) is 1.34. The number of aromatic nitrogens is 2. The summed E-state index contributed by atoms with van der Waals surface area (Å²) >= 11 is 0. The molecule has 0 aliphatic carbocycles. The normalized spacial score (nSPS) is 12.3. The highest BCUT2D eigenvalue weighted by atomic mass is 15.0. The van der Waals surface area contributed by atoms with Crippen molar-refractivity contribution >= 4 is 11.7 Å². The minimum absolute atomic E-state index is 0.577. The molecular formula is C11H13N3. The van der Waals surface area contributed by atoms with E-state index in [1.807, 2.05) is 48.0 Å². The van der Waals surface area contributed by atoms with Crippen molar-refractivity contribution in [2.75, 3.05) is 6.54 Å². The van der Waals surface area contributed by atoms with Crippen molar-refractivity contribution < 1.29 is 0 Å². The van der Waals surface area contributed by atoms with Gasteiger partial charge in [-0.05, 0) is 25.1 Å². The molecule has 0 fully saturated rings. The maximum Gasteiger partial charge on any atom is 0.137 e. The van der Waals surface area contributed by atoms with E-state index in [1.54, 1.807) is 0 Å². The average Bonchev–Trinajstić information content (AvgIpc) is 2.59. The zero-order valence-corrected chi connectivity index (χ0v) is 8.14. The highest BCUT2D eigenvalue weighted by molar-refractivity contribution is 5.53. The monoisotopic (exact) mass is 187 g/mol. The first kappa shape index (κ1) is 8.97. The third-order valence-corrected chi connectivity index (χ3v) is 2.10. The highest BCUT2D eigenvalue weighted by Gasteiger charge is 1.97. The molecule has 0 aromatic carbocycles. The molecule has 2 aromatic heterocycles. The lowest BCUT2D eigenvalue weighted by Crippen LogP contribution is -1.99. The van der Waals surface area contributed by atoms with Gasteiger partial charge in [0, 0.05) is 18.9 Å². The van der Waals surface area contributed by atoms with Crippen LogP contribution >= 0.6 is 0 Å². The molecule has 0 bridgehead atoms. The quantitative estimate of drug-likeness (QED) is 0.777. The molecule has 14 heavy (non-hydrogen) atoms. The Balaban J connectivity index is 2.45. The van der Waals surface area contributed by atoms with Gasteiger partial charge in [-0.1, -0.05) is 11.6 Å². The minimum atomic E-state index is 0.577. The second-order valence-corrected chi connectivity index (χ2v) is 3.33. The van der Waals surface area contributed by atoms with Crippen molar-refractivity contribution in [2.45, 2.75) is 6.92 Å². The fraction of sp³-hybridized carbons (Fsp3) is 0.182. The molecule has 0 spiro atoms. The summed E-state index contributed by atoms with van der Waals surface area (Å²) in [6.07, 6.45) is 5.99. The predicted molar refractivity (Wildman–Crippen MR) is 57.9 cm³/mol. The standard InChI is InChI=1S/C11H13N3/c1-9(7-12)6-10-8-14-5-3-2-4-11(14)13-10/h2-6,8H,7,12H2,1H3. The fourth-order valence-corrected chi connectivity index (χ4v) is 1.34. The van der Waals surface area contributed by atoms with Gasteiger partial charge in [-0.25, -0.2) is 4.98 Å². The van der Waals surface area contributed by atoms with Crippen LogP contribution in [-0.4, -0.2) is 15.9 Å². The van der Waals surface area contributed by atoms with Crippen LogP contribution < -0.4 is 5.73 Å². The van der Waals surface area contributed by atoms with Gasteiger partial charge in [-0.15, -0.1) is 0 Å². The molecule has 0 saturated carbocycles. The molecule has 0 aliphatic rings. The predicted octanol–water partition coefficient (Wildman–Crippen LogP) is 1.70. The van der Waals surface area contributed by atoms with E-state index in [-0.39, 0.29) is 0 Å². The van der Waals surface area contributed by atoms with Crippen LogP contribution in [0.15, 0.2) is 36.2 Å². The number of fused-ring (bicyclic) bond motifs is 1. The van der Waals surface area contributed by atoms with Crippen LogP contribution in [0.1, 0.15) is 12.6 Å². The molecule has 0 atom stereocenters. The van der Waals surface area contributed by atoms with E-state index in [0.29, 0.717) is 6.54 Å². The Kier molecular flexibility index (Phi) is 2.33. The molecule has 2 aromatic rings. The zero-order valence-electron chi connectivity index (χ0n) is 8.14. The molecule has 0 unspecified atom stereocenters. The summed E-state index contributed by atoms with van der Waals surface area (Å²) in [5.74, 6) is 0. The zero-order chi connectivity index (χ0) is 9.97. The number of pyridine rings is 1. The van der Waals surface area contributed by atoms with Gasteiger partial charge in [-0.3, -0.25) is 0 Å². The Labute approximate surface area is 82.9 Å². The van der Waals surface area contributed by atoms with E-state index >= 15 is 0 Å². The SMILES string of the molecule is CC(=Cc1cn2ccccc2n1)CN. The van der Waals surface area contributed by atoms with E-state index < -0.39 is 0 Å². The van der Waals surface area contributed by atoms with E-state index in [4.69, 9.17) is 5.73 Å². The van der Waals surface area contributed by atoms with Crippen molar-refractivity contribution in [2.24, 2.45) is 5.73 Å². The van der Waals surface area contributed by atoms with E-state index in [2.05, 4.69) is 4.98 Å². The molecular weight excluding hydrogens is 174 g/mol. The van der Waals surface area contributed by atoms with Crippen LogP contribution in [0.25, 0.3) is 11.7 Å². The molecule has 0 amide bonds. The van der Waals surface area contributed by atoms with Crippen LogP contribution in [-0.2, 0) is 0 Å². The topological polar surface area (TPSA) is 43.3 Å². The number of nitrogens with two attached hydrogens (primary N) is 1. The maximum absolute atomic E-state index is 5.51. The summed E-state index contributed by atoms with van der Waals surface area (Å²) in [4.78, 5) is 4.43. The molecule has 0 saturated heterocycles. The smallest absolute Gasteiger partial charge is 0.137 e. The third kappa shape index (κ3) is 1.67. The lowest BCUT2D eigenvalue weighted by Gasteiger charge is -1.90. The Hall–Kier alpha value is -1.61. The summed E-state index contributed by atoms with van der Waals surface area (Å²) in [6.45, 7) is 2.58. The third-order valence-electron chi connectivity index (χ3n) is 2.10. The second-order valence-electron chi connectivity index (χ2n) is 3.33. The van der Waals surface area contributed by atoms with Crippen LogP contribution in [0, 0.1) is 0 Å². The minimum Gasteiger partial charge on any atom is -0.327 e. The first-order chi connectivity index (χ1) is 6.79. The Bertz CT molecular complexity index is 435. The molecule has 2 heterocycles. The van der Waals surface area contributed by atoms with Gasteiger partial charge < -0.3 is 10.1 Å². The number of hydrogen-bond acceptors (Lipinski definition) is 2. The van der Waals surface area contributed by atoms with Gasteiger partial charge in [-0.2, -0.15) is 0 Å². The van der Waals surface area contributed by atoms with Crippen molar-refractivity contribution in [3.8, 4) is 0 Å². The van der Waals surface area contributed by atoms with Gasteiger partial charge in [0.1, 0.15) is 5.65 Å². The first-order valence-corrected chi connectivity index (χ1v) is 4.60. The molecule has 3 heteroatoms. The summed E-state index contributed by atoms with van der Waals surface area (Å²) in [6, 6.07) is 5.94. The van der Waals surface area contributed by atoms with E-state index in [0.717, 1.165) is 16.9 Å². The lowest BCUT2D eigenvalue weighted by atomic mass is 10.2. The Morgan fingerprint density at radius 1 is 1.57 bits per heavy atom. The van der Waals surface area contributed by atoms with Crippen LogP contribution in [0.3, 0.4) is 0 Å². The first-order valence-electron chi connectivity index (χ1n) is 4.60. The molecule has 2 rings (SSSR count). The molecule has 3 nitrogen and oxygen atoms in total. The number of rotatable bonds is 2. The number of hydrogen-bond donors (Lipinski definition) is 1. The van der Waals surface area contributed by atoms with E-state index in [9.17, 15) is 0 Å². The van der Waals surface area contributed by atoms with Crippen LogP contribution in [0.2, 0.25) is 0 Å². The summed E-state index contributed by atoms with van der Waals surface area (Å²) in [5.41, 5.74) is 8.56. The summed E-state index contributed by atoms with van der Waals surface area (Å²) in [7, 11) is 0. The average molecular weight is 187 g/mol.